The number of allylic oxidation sites excluding steroid dienone is 1. The van der Waals surface area contributed by atoms with E-state index in [1.807, 2.05) is 0 Å². The van der Waals surface area contributed by atoms with Gasteiger partial charge < -0.3 is 10.3 Å². The molecular formula is C16H18ClN3O. The van der Waals surface area contributed by atoms with E-state index in [0.29, 0.717) is 28.3 Å². The van der Waals surface area contributed by atoms with Crippen molar-refractivity contribution in [2.45, 2.75) is 32.2 Å². The van der Waals surface area contributed by atoms with Crippen LogP contribution in [0.2, 0.25) is 5.02 Å². The SMILES string of the molecule is O=c1[nH]c(CNCCC2=CCCC2)nc2cc(Cl)ccc12. The van der Waals surface area contributed by atoms with Gasteiger partial charge in [-0.05, 0) is 50.4 Å². The van der Waals surface area contributed by atoms with E-state index in [1.54, 1.807) is 18.2 Å². The van der Waals surface area contributed by atoms with Gasteiger partial charge in [-0.25, -0.2) is 4.98 Å². The van der Waals surface area contributed by atoms with E-state index >= 15 is 0 Å². The summed E-state index contributed by atoms with van der Waals surface area (Å²) in [6, 6.07) is 5.13. The monoisotopic (exact) mass is 303 g/mol. The fraction of sp³-hybridized carbons (Fsp3) is 0.375. The van der Waals surface area contributed by atoms with Crippen molar-refractivity contribution in [2.24, 2.45) is 0 Å². The molecule has 0 spiro atoms. The van der Waals surface area contributed by atoms with Gasteiger partial charge >= 0.3 is 0 Å². The number of rotatable bonds is 5. The summed E-state index contributed by atoms with van der Waals surface area (Å²) >= 11 is 5.95. The molecule has 110 valence electrons. The number of nitrogens with zero attached hydrogens (tertiary/aromatic N) is 1. The number of nitrogens with one attached hydrogen (secondary N) is 2. The summed E-state index contributed by atoms with van der Waals surface area (Å²) in [6.07, 6.45) is 7.14. The Morgan fingerprint density at radius 3 is 3.10 bits per heavy atom. The second-order valence-electron chi connectivity index (χ2n) is 5.36. The third kappa shape index (κ3) is 3.52. The van der Waals surface area contributed by atoms with Gasteiger partial charge in [-0.3, -0.25) is 4.79 Å². The molecule has 1 aliphatic rings. The van der Waals surface area contributed by atoms with Gasteiger partial charge in [0.2, 0.25) is 0 Å². The highest BCUT2D eigenvalue weighted by Crippen LogP contribution is 2.19. The molecule has 3 rings (SSSR count). The first-order valence-electron chi connectivity index (χ1n) is 7.29. The minimum Gasteiger partial charge on any atom is -0.310 e. The molecule has 0 atom stereocenters. The van der Waals surface area contributed by atoms with Crippen LogP contribution in [0.1, 0.15) is 31.5 Å². The summed E-state index contributed by atoms with van der Waals surface area (Å²) < 4.78 is 0. The smallest absolute Gasteiger partial charge is 0.258 e. The van der Waals surface area contributed by atoms with Crippen LogP contribution in [0.25, 0.3) is 10.9 Å². The summed E-state index contributed by atoms with van der Waals surface area (Å²) in [5.41, 5.74) is 2.06. The first kappa shape index (κ1) is 14.3. The lowest BCUT2D eigenvalue weighted by Gasteiger charge is -2.06. The molecule has 0 aliphatic heterocycles. The summed E-state index contributed by atoms with van der Waals surface area (Å²) in [5, 5.41) is 4.49. The fourth-order valence-electron chi connectivity index (χ4n) is 2.66. The Morgan fingerprint density at radius 2 is 2.29 bits per heavy atom. The standard InChI is InChI=1S/C16H18ClN3O/c17-12-5-6-13-14(9-12)19-15(20-16(13)21)10-18-8-7-11-3-1-2-4-11/h3,5-6,9,18H,1-2,4,7-8,10H2,(H,19,20,21). The molecule has 1 aromatic heterocycles. The van der Waals surface area contributed by atoms with Crippen LogP contribution in [0.4, 0.5) is 0 Å². The van der Waals surface area contributed by atoms with Crippen molar-refractivity contribution in [3.63, 3.8) is 0 Å². The van der Waals surface area contributed by atoms with Crippen LogP contribution in [0, 0.1) is 0 Å². The van der Waals surface area contributed by atoms with Crippen molar-refractivity contribution >= 4 is 22.5 Å². The summed E-state index contributed by atoms with van der Waals surface area (Å²) in [4.78, 5) is 19.2. The highest BCUT2D eigenvalue weighted by atomic mass is 35.5. The van der Waals surface area contributed by atoms with Crippen LogP contribution in [-0.2, 0) is 6.54 Å². The van der Waals surface area contributed by atoms with Gasteiger partial charge in [-0.1, -0.05) is 23.3 Å². The van der Waals surface area contributed by atoms with Crippen molar-refractivity contribution in [3.05, 3.63) is 51.0 Å². The molecule has 0 fully saturated rings. The van der Waals surface area contributed by atoms with Gasteiger partial charge in [0, 0.05) is 5.02 Å². The molecule has 1 aliphatic carbocycles. The lowest BCUT2D eigenvalue weighted by Crippen LogP contribution is -2.20. The molecule has 0 amide bonds. The molecule has 2 N–H and O–H groups in total. The van der Waals surface area contributed by atoms with E-state index < -0.39 is 0 Å². The van der Waals surface area contributed by atoms with Gasteiger partial charge in [0.25, 0.3) is 5.56 Å². The maximum Gasteiger partial charge on any atom is 0.258 e. The number of benzene rings is 1. The molecule has 0 unspecified atom stereocenters. The van der Waals surface area contributed by atoms with Crippen LogP contribution in [0.15, 0.2) is 34.6 Å². The molecule has 1 heterocycles. The van der Waals surface area contributed by atoms with E-state index in [9.17, 15) is 4.79 Å². The second kappa shape index (κ2) is 6.41. The summed E-state index contributed by atoms with van der Waals surface area (Å²) in [6.45, 7) is 1.47. The van der Waals surface area contributed by atoms with Crippen molar-refractivity contribution in [3.8, 4) is 0 Å². The zero-order valence-corrected chi connectivity index (χ0v) is 12.5. The van der Waals surface area contributed by atoms with Gasteiger partial charge in [-0.2, -0.15) is 0 Å². The number of aromatic amines is 1. The van der Waals surface area contributed by atoms with Crippen LogP contribution >= 0.6 is 11.6 Å². The molecule has 0 bridgehead atoms. The Labute approximate surface area is 128 Å². The Morgan fingerprint density at radius 1 is 1.38 bits per heavy atom. The molecule has 21 heavy (non-hydrogen) atoms. The number of hydrogen-bond donors (Lipinski definition) is 2. The van der Waals surface area contributed by atoms with Gasteiger partial charge in [0.05, 0.1) is 17.4 Å². The lowest BCUT2D eigenvalue weighted by molar-refractivity contribution is 0.652. The first-order valence-corrected chi connectivity index (χ1v) is 7.67. The molecular weight excluding hydrogens is 286 g/mol. The van der Waals surface area contributed by atoms with Crippen LogP contribution in [0.3, 0.4) is 0 Å². The number of H-pyrrole nitrogens is 1. The van der Waals surface area contributed by atoms with E-state index in [2.05, 4.69) is 21.4 Å². The van der Waals surface area contributed by atoms with Crippen molar-refractivity contribution in [1.29, 1.82) is 0 Å². The summed E-state index contributed by atoms with van der Waals surface area (Å²) in [7, 11) is 0. The minimum atomic E-state index is -0.119. The Kier molecular flexibility index (Phi) is 4.36. The predicted octanol–water partition coefficient (Wildman–Crippen LogP) is 3.17. The third-order valence-corrected chi connectivity index (χ3v) is 4.00. The van der Waals surface area contributed by atoms with E-state index in [4.69, 9.17) is 11.6 Å². The molecule has 1 aromatic carbocycles. The topological polar surface area (TPSA) is 57.8 Å². The molecule has 0 radical (unpaired) electrons. The molecule has 4 nitrogen and oxygen atoms in total. The molecule has 0 saturated carbocycles. The van der Waals surface area contributed by atoms with E-state index in [1.165, 1.54) is 24.8 Å². The number of hydrogen-bond acceptors (Lipinski definition) is 3. The molecule has 2 aromatic rings. The number of fused-ring (bicyclic) bond motifs is 1. The molecule has 5 heteroatoms. The maximum absolute atomic E-state index is 12.0. The van der Waals surface area contributed by atoms with Crippen molar-refractivity contribution in [1.82, 2.24) is 15.3 Å². The van der Waals surface area contributed by atoms with E-state index in [0.717, 1.165) is 13.0 Å². The zero-order chi connectivity index (χ0) is 14.7. The Hall–Kier alpha value is -1.65. The Bertz CT molecular complexity index is 736. The predicted molar refractivity (Wildman–Crippen MR) is 85.6 cm³/mol. The van der Waals surface area contributed by atoms with Gasteiger partial charge in [0.15, 0.2) is 0 Å². The Balaban J connectivity index is 1.65. The average Bonchev–Trinajstić information content (AvgIpc) is 2.96. The normalized spacial score (nSPS) is 14.6. The maximum atomic E-state index is 12.0. The summed E-state index contributed by atoms with van der Waals surface area (Å²) in [5.74, 6) is 0.648. The quantitative estimate of drug-likeness (QED) is 0.659. The average molecular weight is 304 g/mol. The van der Waals surface area contributed by atoms with Crippen LogP contribution in [-0.4, -0.2) is 16.5 Å². The first-order chi connectivity index (χ1) is 10.2. The van der Waals surface area contributed by atoms with Gasteiger partial charge in [0.1, 0.15) is 5.82 Å². The number of halogens is 1. The minimum absolute atomic E-state index is 0.119. The largest absolute Gasteiger partial charge is 0.310 e. The highest BCUT2D eigenvalue weighted by molar-refractivity contribution is 6.31. The highest BCUT2D eigenvalue weighted by Gasteiger charge is 2.06. The second-order valence-corrected chi connectivity index (χ2v) is 5.79. The molecule has 0 saturated heterocycles. The van der Waals surface area contributed by atoms with Crippen molar-refractivity contribution in [2.75, 3.05) is 6.54 Å². The van der Waals surface area contributed by atoms with E-state index in [-0.39, 0.29) is 5.56 Å². The van der Waals surface area contributed by atoms with Crippen LogP contribution in [0.5, 0.6) is 0 Å². The third-order valence-electron chi connectivity index (χ3n) is 3.77. The van der Waals surface area contributed by atoms with Crippen molar-refractivity contribution < 1.29 is 0 Å². The fourth-order valence-corrected chi connectivity index (χ4v) is 2.83. The van der Waals surface area contributed by atoms with Gasteiger partial charge in [-0.15, -0.1) is 0 Å². The van der Waals surface area contributed by atoms with Crippen LogP contribution < -0.4 is 10.9 Å². The zero-order valence-electron chi connectivity index (χ0n) is 11.8. The number of aromatic nitrogens is 2. The lowest BCUT2D eigenvalue weighted by atomic mass is 10.2.